The standard InChI is InChI=1S/C35H35ClN4O4S/c1-2-22-43-29-15-10-27(11-16-29)34(42)40-20-18-39(19-21-40)32-17-12-28(23-31(32)36)37-35(45)38-33(41)26-8-13-30(14-9-26)44-24-25-6-4-3-5-7-25/h3-17,23H,2,18-22,24H2,1H3,(H2,37,38,41,45). The van der Waals surface area contributed by atoms with Crippen LogP contribution in [-0.2, 0) is 6.61 Å². The van der Waals surface area contributed by atoms with Crippen molar-refractivity contribution < 1.29 is 19.1 Å². The lowest BCUT2D eigenvalue weighted by molar-refractivity contribution is 0.0746. The number of ether oxygens (including phenoxy) is 2. The maximum atomic E-state index is 13.0. The summed E-state index contributed by atoms with van der Waals surface area (Å²) in [5, 5.41) is 6.43. The Morgan fingerprint density at radius 2 is 1.47 bits per heavy atom. The summed E-state index contributed by atoms with van der Waals surface area (Å²) in [6, 6.07) is 29.6. The number of rotatable bonds is 10. The summed E-state index contributed by atoms with van der Waals surface area (Å²) in [6.07, 6.45) is 0.933. The van der Waals surface area contributed by atoms with E-state index in [1.54, 1.807) is 30.3 Å². The molecule has 0 saturated carbocycles. The number of hydrogen-bond donors (Lipinski definition) is 2. The van der Waals surface area contributed by atoms with Crippen molar-refractivity contribution in [2.24, 2.45) is 0 Å². The third-order valence-corrected chi connectivity index (χ3v) is 7.79. The molecule has 0 bridgehead atoms. The molecule has 0 radical (unpaired) electrons. The van der Waals surface area contributed by atoms with Crippen molar-refractivity contribution in [3.8, 4) is 11.5 Å². The van der Waals surface area contributed by atoms with Gasteiger partial charge in [-0.05, 0) is 90.9 Å². The van der Waals surface area contributed by atoms with E-state index in [-0.39, 0.29) is 16.9 Å². The van der Waals surface area contributed by atoms with Gasteiger partial charge in [-0.25, -0.2) is 0 Å². The molecule has 8 nitrogen and oxygen atoms in total. The molecular formula is C35H35ClN4O4S. The van der Waals surface area contributed by atoms with Crippen LogP contribution < -0.4 is 25.0 Å². The summed E-state index contributed by atoms with van der Waals surface area (Å²) in [5.74, 6) is 1.11. The SMILES string of the molecule is CCCOc1ccc(C(=O)N2CCN(c3ccc(NC(=S)NC(=O)c4ccc(OCc5ccccc5)cc4)cc3Cl)CC2)cc1. The van der Waals surface area contributed by atoms with Gasteiger partial charge >= 0.3 is 0 Å². The molecule has 4 aromatic rings. The monoisotopic (exact) mass is 642 g/mol. The number of hydrogen-bond acceptors (Lipinski definition) is 6. The zero-order chi connectivity index (χ0) is 31.6. The molecule has 0 atom stereocenters. The van der Waals surface area contributed by atoms with Gasteiger partial charge in [-0.1, -0.05) is 48.9 Å². The van der Waals surface area contributed by atoms with Gasteiger partial charge in [-0.2, -0.15) is 0 Å². The highest BCUT2D eigenvalue weighted by Crippen LogP contribution is 2.30. The average Bonchev–Trinajstić information content (AvgIpc) is 3.07. The molecule has 10 heteroatoms. The molecule has 5 rings (SSSR count). The normalized spacial score (nSPS) is 12.8. The van der Waals surface area contributed by atoms with Crippen LogP contribution in [0.3, 0.4) is 0 Å². The third kappa shape index (κ3) is 8.74. The van der Waals surface area contributed by atoms with E-state index in [0.29, 0.717) is 67.0 Å². The van der Waals surface area contributed by atoms with Crippen LogP contribution in [0.4, 0.5) is 11.4 Å². The van der Waals surface area contributed by atoms with Gasteiger partial charge in [0.15, 0.2) is 5.11 Å². The lowest BCUT2D eigenvalue weighted by Crippen LogP contribution is -2.48. The van der Waals surface area contributed by atoms with Crippen molar-refractivity contribution in [3.05, 3.63) is 119 Å². The van der Waals surface area contributed by atoms with Gasteiger partial charge < -0.3 is 24.6 Å². The highest BCUT2D eigenvalue weighted by atomic mass is 35.5. The summed E-state index contributed by atoms with van der Waals surface area (Å²) in [5.41, 5.74) is 3.69. The first-order valence-corrected chi connectivity index (χ1v) is 15.6. The molecule has 45 heavy (non-hydrogen) atoms. The van der Waals surface area contributed by atoms with E-state index in [1.165, 1.54) is 0 Å². The van der Waals surface area contributed by atoms with Crippen molar-refractivity contribution in [2.45, 2.75) is 20.0 Å². The van der Waals surface area contributed by atoms with Crippen molar-refractivity contribution in [2.75, 3.05) is 43.0 Å². The summed E-state index contributed by atoms with van der Waals surface area (Å²) < 4.78 is 11.4. The van der Waals surface area contributed by atoms with Crippen LogP contribution in [0.15, 0.2) is 97.1 Å². The molecular weight excluding hydrogens is 608 g/mol. The number of nitrogens with zero attached hydrogens (tertiary/aromatic N) is 2. The van der Waals surface area contributed by atoms with Crippen LogP contribution in [0.5, 0.6) is 11.5 Å². The number of carbonyl (C=O) groups is 2. The second kappa shape index (κ2) is 15.4. The van der Waals surface area contributed by atoms with Crippen LogP contribution in [0.1, 0.15) is 39.6 Å². The molecule has 0 unspecified atom stereocenters. The number of piperazine rings is 1. The predicted molar refractivity (Wildman–Crippen MR) is 183 cm³/mol. The fourth-order valence-electron chi connectivity index (χ4n) is 4.87. The molecule has 1 aliphatic rings. The van der Waals surface area contributed by atoms with E-state index in [0.717, 1.165) is 23.4 Å². The Morgan fingerprint density at radius 3 is 2.11 bits per heavy atom. The number of carbonyl (C=O) groups excluding carboxylic acids is 2. The second-order valence-corrected chi connectivity index (χ2v) is 11.3. The molecule has 0 spiro atoms. The largest absolute Gasteiger partial charge is 0.494 e. The van der Waals surface area contributed by atoms with E-state index in [2.05, 4.69) is 22.5 Å². The number of anilines is 2. The minimum Gasteiger partial charge on any atom is -0.494 e. The van der Waals surface area contributed by atoms with E-state index >= 15 is 0 Å². The fraction of sp³-hybridized carbons (Fsp3) is 0.229. The van der Waals surface area contributed by atoms with E-state index in [9.17, 15) is 9.59 Å². The smallest absolute Gasteiger partial charge is 0.257 e. The second-order valence-electron chi connectivity index (χ2n) is 10.5. The minimum atomic E-state index is -0.335. The van der Waals surface area contributed by atoms with Crippen molar-refractivity contribution in [1.29, 1.82) is 0 Å². The Kier molecular flexibility index (Phi) is 10.9. The van der Waals surface area contributed by atoms with E-state index < -0.39 is 0 Å². The Bertz CT molecular complexity index is 1610. The van der Waals surface area contributed by atoms with Crippen LogP contribution in [0.2, 0.25) is 5.02 Å². The van der Waals surface area contributed by atoms with E-state index in [1.807, 2.05) is 71.6 Å². The van der Waals surface area contributed by atoms with Gasteiger partial charge in [0, 0.05) is 43.0 Å². The van der Waals surface area contributed by atoms with Crippen LogP contribution >= 0.6 is 23.8 Å². The number of nitrogens with one attached hydrogen (secondary N) is 2. The van der Waals surface area contributed by atoms with Gasteiger partial charge in [0.2, 0.25) is 0 Å². The summed E-state index contributed by atoms with van der Waals surface area (Å²) in [7, 11) is 0. The Hall–Kier alpha value is -4.60. The predicted octanol–water partition coefficient (Wildman–Crippen LogP) is 6.80. The zero-order valence-corrected chi connectivity index (χ0v) is 26.6. The summed E-state index contributed by atoms with van der Waals surface area (Å²) in [4.78, 5) is 29.8. The molecule has 1 aliphatic heterocycles. The van der Waals surface area contributed by atoms with E-state index in [4.69, 9.17) is 33.3 Å². The third-order valence-electron chi connectivity index (χ3n) is 7.28. The summed E-state index contributed by atoms with van der Waals surface area (Å²) >= 11 is 12.0. The number of benzene rings is 4. The molecule has 2 N–H and O–H groups in total. The highest BCUT2D eigenvalue weighted by Gasteiger charge is 2.23. The number of amides is 2. The molecule has 1 fully saturated rings. The Labute approximate surface area is 273 Å². The van der Waals surface area contributed by atoms with Gasteiger partial charge in [0.1, 0.15) is 18.1 Å². The first-order chi connectivity index (χ1) is 21.9. The van der Waals surface area contributed by atoms with Crippen LogP contribution in [-0.4, -0.2) is 54.6 Å². The lowest BCUT2D eigenvalue weighted by atomic mass is 10.1. The van der Waals surface area contributed by atoms with Crippen molar-refractivity contribution >= 4 is 52.1 Å². The maximum absolute atomic E-state index is 13.0. The number of thiocarbonyl (C=S) groups is 1. The van der Waals surface area contributed by atoms with Crippen molar-refractivity contribution in [3.63, 3.8) is 0 Å². The number of halogens is 1. The van der Waals surface area contributed by atoms with Crippen LogP contribution in [0.25, 0.3) is 0 Å². The van der Waals surface area contributed by atoms with Gasteiger partial charge in [0.05, 0.1) is 17.3 Å². The molecule has 0 aromatic heterocycles. The minimum absolute atomic E-state index is 0.00484. The quantitative estimate of drug-likeness (QED) is 0.184. The van der Waals surface area contributed by atoms with Crippen molar-refractivity contribution in [1.82, 2.24) is 10.2 Å². The molecule has 1 saturated heterocycles. The molecule has 2 amide bonds. The topological polar surface area (TPSA) is 83.1 Å². The van der Waals surface area contributed by atoms with Gasteiger partial charge in [-0.3, -0.25) is 14.9 Å². The lowest BCUT2D eigenvalue weighted by Gasteiger charge is -2.36. The van der Waals surface area contributed by atoms with Crippen LogP contribution in [0, 0.1) is 0 Å². The van der Waals surface area contributed by atoms with Gasteiger partial charge in [-0.15, -0.1) is 0 Å². The van der Waals surface area contributed by atoms with Gasteiger partial charge in [0.25, 0.3) is 11.8 Å². The summed E-state index contributed by atoms with van der Waals surface area (Å²) in [6.45, 7) is 5.63. The highest BCUT2D eigenvalue weighted by molar-refractivity contribution is 7.80. The average molecular weight is 643 g/mol. The zero-order valence-electron chi connectivity index (χ0n) is 25.0. The molecule has 0 aliphatic carbocycles. The molecule has 1 heterocycles. The Morgan fingerprint density at radius 1 is 0.822 bits per heavy atom. The Balaban J connectivity index is 1.08. The first kappa shape index (κ1) is 31.8. The first-order valence-electron chi connectivity index (χ1n) is 14.9. The fourth-order valence-corrected chi connectivity index (χ4v) is 5.38. The molecule has 232 valence electrons. The molecule has 4 aromatic carbocycles. The maximum Gasteiger partial charge on any atom is 0.257 e.